The molecule has 3 rings (SSSR count). The minimum Gasteiger partial charge on any atom is -0.387 e. The molecule has 1 aliphatic rings. The molecule has 1 aliphatic heterocycles. The first-order valence-electron chi connectivity index (χ1n) is 7.56. The van der Waals surface area contributed by atoms with E-state index >= 15 is 0 Å². The third-order valence-corrected chi connectivity index (χ3v) is 3.93. The smallest absolute Gasteiger partial charge is 0.159 e. The summed E-state index contributed by atoms with van der Waals surface area (Å²) in [6.07, 6.45) is 2.71. The molecule has 0 amide bonds. The Morgan fingerprint density at radius 3 is 2.96 bits per heavy atom. The van der Waals surface area contributed by atoms with Crippen molar-refractivity contribution in [3.8, 4) is 0 Å². The van der Waals surface area contributed by atoms with Crippen LogP contribution in [0.1, 0.15) is 11.7 Å². The van der Waals surface area contributed by atoms with E-state index in [0.29, 0.717) is 38.3 Å². The summed E-state index contributed by atoms with van der Waals surface area (Å²) < 4.78 is 33.7. The van der Waals surface area contributed by atoms with Gasteiger partial charge in [-0.3, -0.25) is 9.58 Å². The number of hydrogen-bond donors (Lipinski definition) is 1. The lowest BCUT2D eigenvalue weighted by Crippen LogP contribution is -2.45. The van der Waals surface area contributed by atoms with E-state index in [1.165, 1.54) is 6.07 Å². The zero-order valence-electron chi connectivity index (χ0n) is 12.6. The molecular weight excluding hydrogens is 304 g/mol. The van der Waals surface area contributed by atoms with Gasteiger partial charge in [0, 0.05) is 32.0 Å². The summed E-state index contributed by atoms with van der Waals surface area (Å²) in [7, 11) is 0. The predicted octanol–water partition coefficient (Wildman–Crippen LogP) is 1.60. The van der Waals surface area contributed by atoms with Gasteiger partial charge in [-0.05, 0) is 23.8 Å². The highest BCUT2D eigenvalue weighted by Crippen LogP contribution is 2.19. The fraction of sp³-hybridized carbons (Fsp3) is 0.438. The topological polar surface area (TPSA) is 50.5 Å². The van der Waals surface area contributed by atoms with Crippen molar-refractivity contribution in [3.63, 3.8) is 0 Å². The summed E-state index contributed by atoms with van der Waals surface area (Å²) in [6.45, 7) is 2.90. The molecule has 2 aromatic rings. The number of aliphatic hydroxyl groups excluding tert-OH is 1. The van der Waals surface area contributed by atoms with Crippen LogP contribution < -0.4 is 0 Å². The second-order valence-electron chi connectivity index (χ2n) is 5.67. The highest BCUT2D eigenvalue weighted by molar-refractivity contribution is 5.20. The molecule has 0 radical (unpaired) electrons. The monoisotopic (exact) mass is 323 g/mol. The van der Waals surface area contributed by atoms with Crippen molar-refractivity contribution in [3.05, 3.63) is 53.9 Å². The fourth-order valence-electron chi connectivity index (χ4n) is 2.74. The average Bonchev–Trinajstić information content (AvgIpc) is 3.03. The molecule has 5 nitrogen and oxygen atoms in total. The van der Waals surface area contributed by atoms with Crippen LogP contribution in [0, 0.1) is 11.6 Å². The van der Waals surface area contributed by atoms with Crippen molar-refractivity contribution in [2.75, 3.05) is 26.2 Å². The normalized spacial score (nSPS) is 20.6. The van der Waals surface area contributed by atoms with Crippen molar-refractivity contribution in [1.29, 1.82) is 0 Å². The zero-order chi connectivity index (χ0) is 16.2. The largest absolute Gasteiger partial charge is 0.387 e. The van der Waals surface area contributed by atoms with Crippen LogP contribution in [0.5, 0.6) is 0 Å². The maximum absolute atomic E-state index is 13.3. The lowest BCUT2D eigenvalue weighted by molar-refractivity contribution is -0.0486. The first kappa shape index (κ1) is 16.0. The molecule has 0 aliphatic carbocycles. The van der Waals surface area contributed by atoms with E-state index < -0.39 is 17.7 Å². The highest BCUT2D eigenvalue weighted by atomic mass is 19.2. The molecule has 7 heteroatoms. The van der Waals surface area contributed by atoms with Gasteiger partial charge in [0.05, 0.1) is 25.4 Å². The number of aliphatic hydroxyl groups is 1. The van der Waals surface area contributed by atoms with Crippen LogP contribution in [0.15, 0.2) is 36.7 Å². The van der Waals surface area contributed by atoms with Crippen molar-refractivity contribution in [1.82, 2.24) is 14.7 Å². The summed E-state index contributed by atoms with van der Waals surface area (Å²) in [4.78, 5) is 2.06. The van der Waals surface area contributed by atoms with E-state index in [2.05, 4.69) is 10.00 Å². The lowest BCUT2D eigenvalue weighted by atomic mass is 10.1. The van der Waals surface area contributed by atoms with Gasteiger partial charge in [0.1, 0.15) is 0 Å². The standard InChI is InChI=1S/C16H19F2N3O2/c17-14-3-2-12(8-15(14)18)16(22)11-20-6-7-23-13(9-20)10-21-5-1-4-19-21/h1-5,8,13,16,22H,6-7,9-11H2/t13-,16+/m0/s1. The third kappa shape index (κ3) is 4.13. The van der Waals surface area contributed by atoms with Crippen LogP contribution in [0.4, 0.5) is 8.78 Å². The molecular formula is C16H19F2N3O2. The second-order valence-corrected chi connectivity index (χ2v) is 5.67. The van der Waals surface area contributed by atoms with Crippen molar-refractivity contribution in [2.45, 2.75) is 18.8 Å². The Labute approximate surface area is 133 Å². The van der Waals surface area contributed by atoms with E-state index in [1.54, 1.807) is 10.9 Å². The molecule has 1 aromatic heterocycles. The molecule has 124 valence electrons. The van der Waals surface area contributed by atoms with Crippen LogP contribution in [-0.2, 0) is 11.3 Å². The maximum atomic E-state index is 13.3. The number of rotatable bonds is 5. The van der Waals surface area contributed by atoms with E-state index in [0.717, 1.165) is 12.1 Å². The Kier molecular flexibility index (Phi) is 5.00. The van der Waals surface area contributed by atoms with Crippen LogP contribution in [0.25, 0.3) is 0 Å². The molecule has 1 saturated heterocycles. The Hall–Kier alpha value is -1.83. The average molecular weight is 323 g/mol. The van der Waals surface area contributed by atoms with Crippen molar-refractivity contribution in [2.24, 2.45) is 0 Å². The number of nitrogens with zero attached hydrogens (tertiary/aromatic N) is 3. The fourth-order valence-corrected chi connectivity index (χ4v) is 2.74. The number of benzene rings is 1. The van der Waals surface area contributed by atoms with Gasteiger partial charge in [0.15, 0.2) is 11.6 Å². The highest BCUT2D eigenvalue weighted by Gasteiger charge is 2.23. The first-order valence-corrected chi connectivity index (χ1v) is 7.56. The molecule has 0 unspecified atom stereocenters. The van der Waals surface area contributed by atoms with Crippen LogP contribution in [0.3, 0.4) is 0 Å². The van der Waals surface area contributed by atoms with Gasteiger partial charge in [-0.15, -0.1) is 0 Å². The number of halogens is 2. The summed E-state index contributed by atoms with van der Waals surface area (Å²) in [6, 6.07) is 5.34. The number of aromatic nitrogens is 2. The summed E-state index contributed by atoms with van der Waals surface area (Å²) in [5.41, 5.74) is 0.374. The minimum atomic E-state index is -0.944. The van der Waals surface area contributed by atoms with E-state index in [-0.39, 0.29) is 6.10 Å². The molecule has 1 N–H and O–H groups in total. The number of ether oxygens (including phenoxy) is 1. The molecule has 1 aromatic carbocycles. The minimum absolute atomic E-state index is 0.0131. The van der Waals surface area contributed by atoms with Crippen molar-refractivity contribution < 1.29 is 18.6 Å². The van der Waals surface area contributed by atoms with Crippen LogP contribution >= 0.6 is 0 Å². The Morgan fingerprint density at radius 1 is 1.35 bits per heavy atom. The molecule has 1 fully saturated rings. The second kappa shape index (κ2) is 7.16. The van der Waals surface area contributed by atoms with E-state index in [4.69, 9.17) is 4.74 Å². The van der Waals surface area contributed by atoms with Gasteiger partial charge >= 0.3 is 0 Å². The van der Waals surface area contributed by atoms with Gasteiger partial charge < -0.3 is 9.84 Å². The quantitative estimate of drug-likeness (QED) is 0.908. The van der Waals surface area contributed by atoms with Gasteiger partial charge in [-0.1, -0.05) is 6.07 Å². The van der Waals surface area contributed by atoms with Crippen LogP contribution in [0.2, 0.25) is 0 Å². The third-order valence-electron chi connectivity index (χ3n) is 3.93. The van der Waals surface area contributed by atoms with E-state index in [9.17, 15) is 13.9 Å². The molecule has 0 spiro atoms. The lowest BCUT2D eigenvalue weighted by Gasteiger charge is -2.34. The molecule has 2 heterocycles. The first-order chi connectivity index (χ1) is 11.1. The zero-order valence-corrected chi connectivity index (χ0v) is 12.6. The number of β-amino-alcohol motifs (C(OH)–C–C–N with tert-alkyl or cyclic N) is 1. The summed E-state index contributed by atoms with van der Waals surface area (Å²) in [5, 5.41) is 14.4. The molecule has 23 heavy (non-hydrogen) atoms. The Bertz CT molecular complexity index is 636. The SMILES string of the molecule is O[C@H](CN1CCO[C@H](Cn2cccn2)C1)c1ccc(F)c(F)c1. The predicted molar refractivity (Wildman–Crippen MR) is 79.7 cm³/mol. The van der Waals surface area contributed by atoms with Gasteiger partial charge in [0.2, 0.25) is 0 Å². The van der Waals surface area contributed by atoms with Gasteiger partial charge in [0.25, 0.3) is 0 Å². The number of hydrogen-bond acceptors (Lipinski definition) is 4. The van der Waals surface area contributed by atoms with Gasteiger partial charge in [-0.2, -0.15) is 5.10 Å². The molecule has 2 atom stereocenters. The molecule has 0 bridgehead atoms. The van der Waals surface area contributed by atoms with Gasteiger partial charge in [-0.25, -0.2) is 8.78 Å². The van der Waals surface area contributed by atoms with E-state index in [1.807, 2.05) is 12.3 Å². The summed E-state index contributed by atoms with van der Waals surface area (Å²) >= 11 is 0. The van der Waals surface area contributed by atoms with Crippen molar-refractivity contribution >= 4 is 0 Å². The Morgan fingerprint density at radius 2 is 2.22 bits per heavy atom. The maximum Gasteiger partial charge on any atom is 0.159 e. The summed E-state index contributed by atoms with van der Waals surface area (Å²) in [5.74, 6) is -1.85. The van der Waals surface area contributed by atoms with Crippen LogP contribution in [-0.4, -0.2) is 52.1 Å². The Balaban J connectivity index is 1.57. The number of morpholine rings is 1. The molecule has 0 saturated carbocycles.